The van der Waals surface area contributed by atoms with E-state index in [1.165, 1.54) is 0 Å². The first-order valence-electron chi connectivity index (χ1n) is 5.86. The van der Waals surface area contributed by atoms with Crippen LogP contribution in [0.2, 0.25) is 0 Å². The Morgan fingerprint density at radius 1 is 1.26 bits per heavy atom. The average Bonchev–Trinajstić information content (AvgIpc) is 2.85. The number of anilines is 1. The lowest BCUT2D eigenvalue weighted by Crippen LogP contribution is -2.04. The molecule has 5 heteroatoms. The van der Waals surface area contributed by atoms with Gasteiger partial charge in [0.2, 0.25) is 0 Å². The maximum Gasteiger partial charge on any atom is 0.153 e. The fraction of sp³-hybridized carbons (Fsp3) is 0.286. The Bertz CT molecular complexity index is 535. The molecular formula is C14H18N2O3. The van der Waals surface area contributed by atoms with E-state index in [0.717, 1.165) is 30.6 Å². The molecular weight excluding hydrogens is 244 g/mol. The van der Waals surface area contributed by atoms with E-state index in [4.69, 9.17) is 9.52 Å². The summed E-state index contributed by atoms with van der Waals surface area (Å²) in [7, 11) is 1.00. The molecule has 0 bridgehead atoms. The summed E-state index contributed by atoms with van der Waals surface area (Å²) in [5, 5.41) is 10.1. The van der Waals surface area contributed by atoms with Crippen LogP contribution in [0.25, 0.3) is 0 Å². The van der Waals surface area contributed by atoms with Crippen molar-refractivity contribution >= 4 is 12.1 Å². The second kappa shape index (κ2) is 7.33. The van der Waals surface area contributed by atoms with Gasteiger partial charge in [0.25, 0.3) is 0 Å². The number of aryl methyl sites for hydroxylation is 2. The summed E-state index contributed by atoms with van der Waals surface area (Å²) in [5.74, 6) is 2.28. The molecule has 19 heavy (non-hydrogen) atoms. The number of rotatable bonds is 4. The van der Waals surface area contributed by atoms with Crippen molar-refractivity contribution in [2.75, 3.05) is 12.4 Å². The third-order valence-corrected chi connectivity index (χ3v) is 2.42. The normalized spacial score (nSPS) is 9.47. The van der Waals surface area contributed by atoms with Crippen LogP contribution in [0.3, 0.4) is 0 Å². The molecule has 5 nitrogen and oxygen atoms in total. The van der Waals surface area contributed by atoms with Gasteiger partial charge in [-0.2, -0.15) is 0 Å². The van der Waals surface area contributed by atoms with Crippen molar-refractivity contribution in [2.45, 2.75) is 20.4 Å². The van der Waals surface area contributed by atoms with Crippen molar-refractivity contribution in [3.05, 3.63) is 47.0 Å². The highest BCUT2D eigenvalue weighted by molar-refractivity contribution is 5.82. The maximum absolute atomic E-state index is 10.9. The Morgan fingerprint density at radius 2 is 2.00 bits per heavy atom. The minimum absolute atomic E-state index is 0.519. The minimum Gasteiger partial charge on any atom is -0.465 e. The highest BCUT2D eigenvalue weighted by Crippen LogP contribution is 2.13. The molecule has 0 saturated heterocycles. The van der Waals surface area contributed by atoms with Crippen LogP contribution < -0.4 is 5.32 Å². The predicted molar refractivity (Wildman–Crippen MR) is 73.3 cm³/mol. The highest BCUT2D eigenvalue weighted by atomic mass is 16.3. The summed E-state index contributed by atoms with van der Waals surface area (Å²) in [4.78, 5) is 15.1. The molecule has 0 aliphatic carbocycles. The monoisotopic (exact) mass is 262 g/mol. The number of nitrogens with zero attached hydrogens (tertiary/aromatic N) is 1. The van der Waals surface area contributed by atoms with Crippen LogP contribution in [-0.4, -0.2) is 23.5 Å². The Kier molecular flexibility index (Phi) is 5.75. The van der Waals surface area contributed by atoms with Crippen LogP contribution in [-0.2, 0) is 6.54 Å². The molecule has 0 saturated carbocycles. The molecule has 0 amide bonds. The Labute approximate surface area is 112 Å². The van der Waals surface area contributed by atoms with Gasteiger partial charge in [0.1, 0.15) is 17.3 Å². The zero-order chi connectivity index (χ0) is 14.3. The van der Waals surface area contributed by atoms with Gasteiger partial charge < -0.3 is 14.8 Å². The first-order valence-corrected chi connectivity index (χ1v) is 5.86. The van der Waals surface area contributed by atoms with Crippen LogP contribution in [0.1, 0.15) is 27.6 Å². The standard InChI is InChI=1S/C13H14N2O2.CH4O/c1-9-3-5-11(8-16)13(15-9)14-7-12-6-4-10(2)17-12;1-2/h3-6,8H,7H2,1-2H3,(H,14,15);2H,1H3. The van der Waals surface area contributed by atoms with Crippen molar-refractivity contribution in [3.63, 3.8) is 0 Å². The predicted octanol–water partition coefficient (Wildman–Crippen LogP) is 2.32. The van der Waals surface area contributed by atoms with E-state index >= 15 is 0 Å². The molecule has 2 N–H and O–H groups in total. The molecule has 0 spiro atoms. The lowest BCUT2D eigenvalue weighted by molar-refractivity contribution is 0.112. The molecule has 0 aliphatic heterocycles. The molecule has 0 aromatic carbocycles. The maximum atomic E-state index is 10.9. The number of carbonyl (C=O) groups is 1. The third-order valence-electron chi connectivity index (χ3n) is 2.42. The molecule has 0 unspecified atom stereocenters. The third kappa shape index (κ3) is 4.22. The molecule has 2 aromatic heterocycles. The number of aliphatic hydroxyl groups is 1. The van der Waals surface area contributed by atoms with Crippen LogP contribution in [0.4, 0.5) is 5.82 Å². The van der Waals surface area contributed by atoms with Gasteiger partial charge in [0, 0.05) is 12.8 Å². The highest BCUT2D eigenvalue weighted by Gasteiger charge is 2.04. The topological polar surface area (TPSA) is 75.4 Å². The zero-order valence-electron chi connectivity index (χ0n) is 11.3. The zero-order valence-corrected chi connectivity index (χ0v) is 11.3. The molecule has 0 atom stereocenters. The van der Waals surface area contributed by atoms with Crippen molar-refractivity contribution in [3.8, 4) is 0 Å². The van der Waals surface area contributed by atoms with Crippen LogP contribution in [0.5, 0.6) is 0 Å². The quantitative estimate of drug-likeness (QED) is 0.827. The first kappa shape index (κ1) is 14.9. The molecule has 0 fully saturated rings. The largest absolute Gasteiger partial charge is 0.465 e. The molecule has 102 valence electrons. The summed E-state index contributed by atoms with van der Waals surface area (Å²) in [5.41, 5.74) is 1.42. The average molecular weight is 262 g/mol. The SMILES string of the molecule is CO.Cc1ccc(C=O)c(NCc2ccc(C)o2)n1. The Hall–Kier alpha value is -2.14. The summed E-state index contributed by atoms with van der Waals surface area (Å²) in [6, 6.07) is 7.37. The molecule has 2 heterocycles. The number of aromatic nitrogens is 1. The number of carbonyl (C=O) groups excluding carboxylic acids is 1. The summed E-state index contributed by atoms with van der Waals surface area (Å²) in [6.07, 6.45) is 0.794. The van der Waals surface area contributed by atoms with Crippen LogP contribution >= 0.6 is 0 Å². The van der Waals surface area contributed by atoms with Gasteiger partial charge in [-0.25, -0.2) is 4.98 Å². The number of hydrogen-bond acceptors (Lipinski definition) is 5. The lowest BCUT2D eigenvalue weighted by Gasteiger charge is -2.06. The second-order valence-electron chi connectivity index (χ2n) is 3.87. The number of furan rings is 1. The van der Waals surface area contributed by atoms with E-state index in [2.05, 4.69) is 10.3 Å². The lowest BCUT2D eigenvalue weighted by atomic mass is 10.2. The van der Waals surface area contributed by atoms with Gasteiger partial charge in [-0.05, 0) is 38.1 Å². The van der Waals surface area contributed by atoms with Crippen LogP contribution in [0, 0.1) is 13.8 Å². The first-order chi connectivity index (χ1) is 9.19. The number of hydrogen-bond donors (Lipinski definition) is 2. The number of aldehydes is 1. The van der Waals surface area contributed by atoms with Gasteiger partial charge in [-0.3, -0.25) is 4.79 Å². The van der Waals surface area contributed by atoms with E-state index in [0.29, 0.717) is 17.9 Å². The molecule has 0 aliphatic rings. The fourth-order valence-electron chi connectivity index (χ4n) is 1.56. The van der Waals surface area contributed by atoms with E-state index < -0.39 is 0 Å². The Morgan fingerprint density at radius 3 is 2.58 bits per heavy atom. The second-order valence-corrected chi connectivity index (χ2v) is 3.87. The van der Waals surface area contributed by atoms with E-state index in [1.54, 1.807) is 6.07 Å². The smallest absolute Gasteiger partial charge is 0.153 e. The number of aliphatic hydroxyl groups excluding tert-OH is 1. The van der Waals surface area contributed by atoms with Gasteiger partial charge in [0.15, 0.2) is 6.29 Å². The summed E-state index contributed by atoms with van der Waals surface area (Å²) in [6.45, 7) is 4.30. The molecule has 2 rings (SSSR count). The van der Waals surface area contributed by atoms with Crippen molar-refractivity contribution < 1.29 is 14.3 Å². The van der Waals surface area contributed by atoms with Crippen LogP contribution in [0.15, 0.2) is 28.7 Å². The van der Waals surface area contributed by atoms with Gasteiger partial charge >= 0.3 is 0 Å². The van der Waals surface area contributed by atoms with Crippen molar-refractivity contribution in [1.29, 1.82) is 0 Å². The van der Waals surface area contributed by atoms with E-state index in [1.807, 2.05) is 32.0 Å². The van der Waals surface area contributed by atoms with E-state index in [-0.39, 0.29) is 0 Å². The summed E-state index contributed by atoms with van der Waals surface area (Å²) >= 11 is 0. The van der Waals surface area contributed by atoms with Crippen molar-refractivity contribution in [1.82, 2.24) is 4.98 Å². The van der Waals surface area contributed by atoms with Crippen molar-refractivity contribution in [2.24, 2.45) is 0 Å². The number of pyridine rings is 1. The van der Waals surface area contributed by atoms with Gasteiger partial charge in [0.05, 0.1) is 12.1 Å². The fourth-order valence-corrected chi connectivity index (χ4v) is 1.56. The van der Waals surface area contributed by atoms with Gasteiger partial charge in [-0.1, -0.05) is 0 Å². The molecule has 2 aromatic rings. The van der Waals surface area contributed by atoms with E-state index in [9.17, 15) is 4.79 Å². The minimum atomic E-state index is 0.519. The summed E-state index contributed by atoms with van der Waals surface area (Å²) < 4.78 is 5.43. The Balaban J connectivity index is 0.000000861. The number of nitrogens with one attached hydrogen (secondary N) is 1. The van der Waals surface area contributed by atoms with Gasteiger partial charge in [-0.15, -0.1) is 0 Å². The molecule has 0 radical (unpaired) electrons.